The third kappa shape index (κ3) is 4.15. The molecule has 2 aliphatic rings. The van der Waals surface area contributed by atoms with Crippen LogP contribution in [0.15, 0.2) is 27.8 Å². The first kappa shape index (κ1) is 23.8. The molecule has 182 valence electrons. The van der Waals surface area contributed by atoms with E-state index in [1.807, 2.05) is 12.1 Å². The summed E-state index contributed by atoms with van der Waals surface area (Å²) in [6.45, 7) is 3.51. The van der Waals surface area contributed by atoms with Crippen LogP contribution in [0.25, 0.3) is 11.0 Å². The Labute approximate surface area is 198 Å². The molecule has 0 saturated carbocycles. The number of hydrogen-bond donors (Lipinski definition) is 2. The lowest BCUT2D eigenvalue weighted by molar-refractivity contribution is -0.141. The Morgan fingerprint density at radius 1 is 1.24 bits per heavy atom. The van der Waals surface area contributed by atoms with E-state index in [1.54, 1.807) is 27.0 Å². The zero-order chi connectivity index (χ0) is 24.6. The van der Waals surface area contributed by atoms with Crippen LogP contribution in [0.4, 0.5) is 4.79 Å². The average molecular weight is 470 g/mol. The fourth-order valence-corrected chi connectivity index (χ4v) is 4.88. The van der Waals surface area contributed by atoms with Gasteiger partial charge >= 0.3 is 12.0 Å². The van der Waals surface area contributed by atoms with E-state index in [2.05, 4.69) is 5.16 Å². The minimum absolute atomic E-state index is 0.0189. The Morgan fingerprint density at radius 2 is 1.97 bits per heavy atom. The number of rotatable bonds is 8. The van der Waals surface area contributed by atoms with Gasteiger partial charge in [0.25, 0.3) is 5.91 Å². The number of carbonyl (C=O) groups excluding carboxylic acids is 2. The molecule has 1 aromatic carbocycles. The molecular formula is C25H31N3O6. The van der Waals surface area contributed by atoms with Gasteiger partial charge in [0.1, 0.15) is 16.9 Å². The summed E-state index contributed by atoms with van der Waals surface area (Å²) in [5.74, 6) is -1.14. The monoisotopic (exact) mass is 469 g/mol. The second-order valence-corrected chi connectivity index (χ2v) is 9.71. The van der Waals surface area contributed by atoms with E-state index < -0.39 is 17.4 Å². The number of aryl methyl sites for hydroxylation is 2. The van der Waals surface area contributed by atoms with Crippen molar-refractivity contribution >= 4 is 34.6 Å². The van der Waals surface area contributed by atoms with E-state index in [0.717, 1.165) is 42.4 Å². The molecule has 0 unspecified atom stereocenters. The maximum absolute atomic E-state index is 12.5. The number of likely N-dealkylation sites (N-methyl/N-ethyl adjacent to an activating group) is 1. The highest BCUT2D eigenvalue weighted by atomic mass is 16.4. The minimum Gasteiger partial charge on any atom is -0.481 e. The van der Waals surface area contributed by atoms with E-state index >= 15 is 0 Å². The quantitative estimate of drug-likeness (QED) is 0.260. The number of carbonyl (C=O) groups is 3. The summed E-state index contributed by atoms with van der Waals surface area (Å²) in [5.41, 5.74) is 1.91. The Morgan fingerprint density at radius 3 is 2.62 bits per heavy atom. The van der Waals surface area contributed by atoms with Crippen LogP contribution in [0.5, 0.6) is 0 Å². The number of aliphatic carboxylic acids is 1. The van der Waals surface area contributed by atoms with Crippen molar-refractivity contribution in [2.45, 2.75) is 64.3 Å². The van der Waals surface area contributed by atoms with Gasteiger partial charge in [-0.15, -0.1) is 0 Å². The normalized spacial score (nSPS) is 19.1. The molecule has 1 aromatic heterocycles. The van der Waals surface area contributed by atoms with Gasteiger partial charge < -0.3 is 19.6 Å². The number of urea groups is 1. The van der Waals surface area contributed by atoms with Crippen LogP contribution in [0.1, 0.15) is 62.8 Å². The lowest BCUT2D eigenvalue weighted by Gasteiger charge is -2.22. The van der Waals surface area contributed by atoms with Crippen LogP contribution in [-0.4, -0.2) is 62.9 Å². The van der Waals surface area contributed by atoms with E-state index in [9.17, 15) is 24.7 Å². The topological polar surface area (TPSA) is 124 Å². The maximum Gasteiger partial charge on any atom is 0.327 e. The Bertz CT molecular complexity index is 1160. The second-order valence-electron chi connectivity index (χ2n) is 9.71. The molecule has 3 amide bonds. The third-order valence-electron chi connectivity index (χ3n) is 7.26. The number of benzene rings is 1. The molecule has 0 bridgehead atoms. The summed E-state index contributed by atoms with van der Waals surface area (Å²) < 4.78 is 6.02. The molecule has 2 N–H and O–H groups in total. The van der Waals surface area contributed by atoms with Crippen molar-refractivity contribution in [1.29, 1.82) is 0 Å². The second kappa shape index (κ2) is 9.12. The SMILES string of the molecule is CN1C(=O)N(CCC[C@@H](CC(=NO)c2ccc3c4c(oc3c2)CCCC4)C(=O)O)C(=O)C1(C)C. The molecule has 0 radical (unpaired) electrons. The molecule has 1 saturated heterocycles. The number of fused-ring (bicyclic) bond motifs is 3. The lowest BCUT2D eigenvalue weighted by atomic mass is 9.92. The van der Waals surface area contributed by atoms with Crippen molar-refractivity contribution in [1.82, 2.24) is 9.80 Å². The molecule has 9 nitrogen and oxygen atoms in total. The summed E-state index contributed by atoms with van der Waals surface area (Å²) in [6, 6.07) is 5.21. The van der Waals surface area contributed by atoms with Crippen molar-refractivity contribution in [3.05, 3.63) is 35.1 Å². The Kier molecular flexibility index (Phi) is 6.38. The summed E-state index contributed by atoms with van der Waals surface area (Å²) in [7, 11) is 1.58. The molecule has 1 aliphatic carbocycles. The van der Waals surface area contributed by atoms with Crippen molar-refractivity contribution in [2.75, 3.05) is 13.6 Å². The van der Waals surface area contributed by atoms with Gasteiger partial charge in [-0.2, -0.15) is 0 Å². The Hall–Kier alpha value is -3.36. The van der Waals surface area contributed by atoms with Crippen molar-refractivity contribution in [3.63, 3.8) is 0 Å². The number of nitrogens with zero attached hydrogens (tertiary/aromatic N) is 3. The van der Waals surface area contributed by atoms with Gasteiger partial charge in [-0.1, -0.05) is 17.3 Å². The summed E-state index contributed by atoms with van der Waals surface area (Å²) >= 11 is 0. The van der Waals surface area contributed by atoms with E-state index in [0.29, 0.717) is 12.0 Å². The number of amides is 3. The van der Waals surface area contributed by atoms with Crippen LogP contribution < -0.4 is 0 Å². The first-order valence-electron chi connectivity index (χ1n) is 11.7. The smallest absolute Gasteiger partial charge is 0.327 e. The highest BCUT2D eigenvalue weighted by molar-refractivity contribution is 6.06. The van der Waals surface area contributed by atoms with Gasteiger partial charge in [-0.3, -0.25) is 14.5 Å². The van der Waals surface area contributed by atoms with Crippen molar-refractivity contribution in [3.8, 4) is 0 Å². The molecule has 9 heteroatoms. The summed E-state index contributed by atoms with van der Waals surface area (Å²) in [4.78, 5) is 39.4. The largest absolute Gasteiger partial charge is 0.481 e. The number of carboxylic acid groups (broad SMARTS) is 1. The summed E-state index contributed by atoms with van der Waals surface area (Å²) in [6.07, 6.45) is 4.72. The van der Waals surface area contributed by atoms with Crippen LogP contribution in [0.2, 0.25) is 0 Å². The first-order chi connectivity index (χ1) is 16.1. The molecular weight excluding hydrogens is 438 g/mol. The van der Waals surface area contributed by atoms with Gasteiger partial charge in [-0.25, -0.2) is 4.79 Å². The predicted molar refractivity (Wildman–Crippen MR) is 125 cm³/mol. The highest BCUT2D eigenvalue weighted by Crippen LogP contribution is 2.33. The molecule has 2 heterocycles. The molecule has 34 heavy (non-hydrogen) atoms. The van der Waals surface area contributed by atoms with Gasteiger partial charge in [0.2, 0.25) is 0 Å². The number of hydrogen-bond acceptors (Lipinski definition) is 6. The molecule has 1 atom stereocenters. The molecule has 1 fully saturated rings. The maximum atomic E-state index is 12.5. The minimum atomic E-state index is -1.02. The number of imide groups is 1. The van der Waals surface area contributed by atoms with Crippen LogP contribution in [-0.2, 0) is 22.4 Å². The van der Waals surface area contributed by atoms with Crippen LogP contribution >= 0.6 is 0 Å². The fourth-order valence-electron chi connectivity index (χ4n) is 4.88. The molecule has 1 aliphatic heterocycles. The van der Waals surface area contributed by atoms with Gasteiger partial charge in [-0.05, 0) is 52.0 Å². The number of oxime groups is 1. The van der Waals surface area contributed by atoms with E-state index in [-0.39, 0.29) is 37.0 Å². The fraction of sp³-hybridized carbons (Fsp3) is 0.520. The lowest BCUT2D eigenvalue weighted by Crippen LogP contribution is -2.41. The molecule has 4 rings (SSSR count). The predicted octanol–water partition coefficient (Wildman–Crippen LogP) is 4.03. The molecule has 2 aromatic rings. The van der Waals surface area contributed by atoms with Gasteiger partial charge in [0.15, 0.2) is 0 Å². The zero-order valence-electron chi connectivity index (χ0n) is 19.8. The van der Waals surface area contributed by atoms with Crippen LogP contribution in [0, 0.1) is 5.92 Å². The first-order valence-corrected chi connectivity index (χ1v) is 11.7. The standard InChI is InChI=1S/C25H31N3O6/c1-25(2)23(31)28(24(32)27(25)3)12-6-7-16(22(29)30)13-19(26-33)15-10-11-18-17-8-4-5-9-20(17)34-21(18)14-15/h10-11,14,16,33H,4-9,12-13H2,1-3H3,(H,29,30)/t16-/m0/s1. The molecule has 0 spiro atoms. The van der Waals surface area contributed by atoms with Gasteiger partial charge in [0, 0.05) is 42.9 Å². The highest BCUT2D eigenvalue weighted by Gasteiger charge is 2.48. The number of furan rings is 1. The van der Waals surface area contributed by atoms with E-state index in [1.165, 1.54) is 15.4 Å². The van der Waals surface area contributed by atoms with Gasteiger partial charge in [0.05, 0.1) is 11.6 Å². The number of carboxylic acids is 1. The average Bonchev–Trinajstić information content (AvgIpc) is 3.25. The van der Waals surface area contributed by atoms with Crippen LogP contribution in [0.3, 0.4) is 0 Å². The van der Waals surface area contributed by atoms with Crippen molar-refractivity contribution in [2.24, 2.45) is 11.1 Å². The van der Waals surface area contributed by atoms with E-state index in [4.69, 9.17) is 4.42 Å². The zero-order valence-corrected chi connectivity index (χ0v) is 19.8. The third-order valence-corrected chi connectivity index (χ3v) is 7.26. The summed E-state index contributed by atoms with van der Waals surface area (Å²) in [5, 5.41) is 23.9. The Balaban J connectivity index is 1.44. The van der Waals surface area contributed by atoms with Crippen molar-refractivity contribution < 1.29 is 29.1 Å².